The lowest BCUT2D eigenvalue weighted by atomic mass is 10.1. The van der Waals surface area contributed by atoms with Gasteiger partial charge in [0.25, 0.3) is 0 Å². The molecule has 0 rings (SSSR count). The van der Waals surface area contributed by atoms with E-state index >= 15 is 0 Å². The van der Waals surface area contributed by atoms with Crippen LogP contribution in [0.4, 0.5) is 0 Å². The molecule has 0 heterocycles. The summed E-state index contributed by atoms with van der Waals surface area (Å²) in [7, 11) is 0. The molecule has 54 valence electrons. The van der Waals surface area contributed by atoms with Crippen LogP contribution in [0.5, 0.6) is 0 Å². The highest BCUT2D eigenvalue weighted by Crippen LogP contribution is 2.04. The summed E-state index contributed by atoms with van der Waals surface area (Å²) in [6.45, 7) is 11.3. The summed E-state index contributed by atoms with van der Waals surface area (Å²) in [5.41, 5.74) is 2.44. The van der Waals surface area contributed by atoms with Crippen molar-refractivity contribution in [3.63, 3.8) is 0 Å². The van der Waals surface area contributed by atoms with Gasteiger partial charge >= 0.3 is 0 Å². The van der Waals surface area contributed by atoms with Crippen molar-refractivity contribution in [1.82, 2.24) is 0 Å². The highest BCUT2D eigenvalue weighted by Gasteiger charge is 1.84. The molecule has 0 nitrogen and oxygen atoms in total. The van der Waals surface area contributed by atoms with Gasteiger partial charge in [0.1, 0.15) is 0 Å². The molecular weight excluding hydrogens is 120 g/mol. The largest absolute Gasteiger partial charge is 0.0991 e. The monoisotopic (exact) mass is 134 g/mol. The van der Waals surface area contributed by atoms with Gasteiger partial charge in [0, 0.05) is 0 Å². The SMILES string of the molecule is C=C/C=C\C(C)=C(\C)C=C. The van der Waals surface area contributed by atoms with Crippen LogP contribution in [-0.2, 0) is 0 Å². The summed E-state index contributed by atoms with van der Waals surface area (Å²) >= 11 is 0. The minimum atomic E-state index is 1.21. The second-order valence-electron chi connectivity index (χ2n) is 2.16. The van der Waals surface area contributed by atoms with E-state index in [-0.39, 0.29) is 0 Å². The maximum atomic E-state index is 3.67. The van der Waals surface area contributed by atoms with Gasteiger partial charge in [0.05, 0.1) is 0 Å². The Bertz CT molecular complexity index is 180. The molecule has 0 aromatic heterocycles. The Morgan fingerprint density at radius 1 is 1.10 bits per heavy atom. The summed E-state index contributed by atoms with van der Waals surface area (Å²) in [6.07, 6.45) is 7.55. The van der Waals surface area contributed by atoms with Gasteiger partial charge in [-0.2, -0.15) is 0 Å². The Labute approximate surface area is 63.3 Å². The topological polar surface area (TPSA) is 0 Å². The second-order valence-corrected chi connectivity index (χ2v) is 2.16. The molecule has 0 saturated heterocycles. The Balaban J connectivity index is 4.31. The highest BCUT2D eigenvalue weighted by atomic mass is 13.9. The molecule has 0 amide bonds. The first-order valence-electron chi connectivity index (χ1n) is 3.31. The lowest BCUT2D eigenvalue weighted by Crippen LogP contribution is -1.73. The standard InChI is InChI=1S/C10H14/c1-5-7-8-10(4)9(3)6-2/h5-8H,1-2H2,3-4H3/b8-7-,10-9-. The van der Waals surface area contributed by atoms with Crippen LogP contribution in [0.2, 0.25) is 0 Å². The smallest absolute Gasteiger partial charge is 0.0395 e. The zero-order valence-corrected chi connectivity index (χ0v) is 6.72. The predicted octanol–water partition coefficient (Wildman–Crippen LogP) is 3.25. The molecule has 0 bridgehead atoms. The van der Waals surface area contributed by atoms with Crippen molar-refractivity contribution in [1.29, 1.82) is 0 Å². The van der Waals surface area contributed by atoms with E-state index in [9.17, 15) is 0 Å². The van der Waals surface area contributed by atoms with E-state index in [1.165, 1.54) is 11.1 Å². The first-order valence-corrected chi connectivity index (χ1v) is 3.31. The molecule has 0 spiro atoms. The fourth-order valence-corrected chi connectivity index (χ4v) is 0.505. The quantitative estimate of drug-likeness (QED) is 0.520. The first kappa shape index (κ1) is 8.96. The molecule has 0 fully saturated rings. The van der Waals surface area contributed by atoms with E-state index in [4.69, 9.17) is 0 Å². The Kier molecular flexibility index (Phi) is 4.30. The van der Waals surface area contributed by atoms with E-state index in [1.54, 1.807) is 6.08 Å². The highest BCUT2D eigenvalue weighted by molar-refractivity contribution is 5.30. The van der Waals surface area contributed by atoms with Gasteiger partial charge < -0.3 is 0 Å². The van der Waals surface area contributed by atoms with Gasteiger partial charge in [0.15, 0.2) is 0 Å². The van der Waals surface area contributed by atoms with E-state index in [0.717, 1.165) is 0 Å². The summed E-state index contributed by atoms with van der Waals surface area (Å²) in [5.74, 6) is 0. The van der Waals surface area contributed by atoms with Crippen molar-refractivity contribution in [3.05, 3.63) is 48.6 Å². The summed E-state index contributed by atoms with van der Waals surface area (Å²) in [5, 5.41) is 0. The van der Waals surface area contributed by atoms with Crippen molar-refractivity contribution >= 4 is 0 Å². The second kappa shape index (κ2) is 4.80. The van der Waals surface area contributed by atoms with Gasteiger partial charge in [-0.3, -0.25) is 0 Å². The van der Waals surface area contributed by atoms with Crippen LogP contribution in [0, 0.1) is 0 Å². The number of rotatable bonds is 3. The van der Waals surface area contributed by atoms with E-state index < -0.39 is 0 Å². The van der Waals surface area contributed by atoms with Crippen molar-refractivity contribution in [2.45, 2.75) is 13.8 Å². The Morgan fingerprint density at radius 3 is 2.10 bits per heavy atom. The average Bonchev–Trinajstić information content (AvgIpc) is 1.98. The fraction of sp³-hybridized carbons (Fsp3) is 0.200. The molecule has 0 saturated carbocycles. The summed E-state index contributed by atoms with van der Waals surface area (Å²) in [6, 6.07) is 0. The van der Waals surface area contributed by atoms with Gasteiger partial charge in [0.2, 0.25) is 0 Å². The number of hydrogen-bond donors (Lipinski definition) is 0. The lowest BCUT2D eigenvalue weighted by Gasteiger charge is -1.93. The van der Waals surface area contributed by atoms with Gasteiger partial charge in [-0.15, -0.1) is 0 Å². The van der Waals surface area contributed by atoms with E-state index in [0.29, 0.717) is 0 Å². The minimum Gasteiger partial charge on any atom is -0.0991 e. The molecule has 0 radical (unpaired) electrons. The third-order valence-corrected chi connectivity index (χ3v) is 1.41. The molecule has 0 aliphatic rings. The molecule has 0 unspecified atom stereocenters. The molecule has 10 heavy (non-hydrogen) atoms. The van der Waals surface area contributed by atoms with Gasteiger partial charge in [-0.1, -0.05) is 37.5 Å². The lowest BCUT2D eigenvalue weighted by molar-refractivity contribution is 1.38. The third kappa shape index (κ3) is 3.08. The molecule has 0 aromatic carbocycles. The van der Waals surface area contributed by atoms with Crippen LogP contribution < -0.4 is 0 Å². The average molecular weight is 134 g/mol. The maximum absolute atomic E-state index is 3.67. The third-order valence-electron chi connectivity index (χ3n) is 1.41. The number of allylic oxidation sites excluding steroid dienone is 6. The first-order chi connectivity index (χ1) is 4.72. The summed E-state index contributed by atoms with van der Waals surface area (Å²) in [4.78, 5) is 0. The van der Waals surface area contributed by atoms with Crippen LogP contribution in [0.25, 0.3) is 0 Å². The van der Waals surface area contributed by atoms with Crippen molar-refractivity contribution in [3.8, 4) is 0 Å². The van der Waals surface area contributed by atoms with Crippen LogP contribution >= 0.6 is 0 Å². The van der Waals surface area contributed by atoms with Crippen LogP contribution in [0.15, 0.2) is 48.6 Å². The zero-order chi connectivity index (χ0) is 7.98. The number of hydrogen-bond acceptors (Lipinski definition) is 0. The fourth-order valence-electron chi connectivity index (χ4n) is 0.505. The predicted molar refractivity (Wildman–Crippen MR) is 47.9 cm³/mol. The van der Waals surface area contributed by atoms with Crippen LogP contribution in [0.1, 0.15) is 13.8 Å². The molecular formula is C10H14. The molecule has 0 aliphatic heterocycles. The molecule has 0 heteroatoms. The van der Waals surface area contributed by atoms with Gasteiger partial charge in [-0.25, -0.2) is 0 Å². The Hall–Kier alpha value is -1.04. The van der Waals surface area contributed by atoms with E-state index in [1.807, 2.05) is 25.2 Å². The molecule has 0 atom stereocenters. The molecule has 0 aliphatic carbocycles. The van der Waals surface area contributed by atoms with Crippen molar-refractivity contribution < 1.29 is 0 Å². The van der Waals surface area contributed by atoms with Crippen molar-refractivity contribution in [2.75, 3.05) is 0 Å². The maximum Gasteiger partial charge on any atom is -0.0395 e. The zero-order valence-electron chi connectivity index (χ0n) is 6.72. The minimum absolute atomic E-state index is 1.21. The molecule has 0 aromatic rings. The van der Waals surface area contributed by atoms with E-state index in [2.05, 4.69) is 20.1 Å². The Morgan fingerprint density at radius 2 is 1.70 bits per heavy atom. The van der Waals surface area contributed by atoms with Crippen molar-refractivity contribution in [2.24, 2.45) is 0 Å². The summed E-state index contributed by atoms with van der Waals surface area (Å²) < 4.78 is 0. The van der Waals surface area contributed by atoms with Gasteiger partial charge in [-0.05, 0) is 25.0 Å². The molecule has 0 N–H and O–H groups in total. The normalized spacial score (nSPS) is 13.0. The van der Waals surface area contributed by atoms with Crippen LogP contribution in [0.3, 0.4) is 0 Å². The van der Waals surface area contributed by atoms with Crippen LogP contribution in [-0.4, -0.2) is 0 Å².